The summed E-state index contributed by atoms with van der Waals surface area (Å²) in [7, 11) is -3.54. The molecular formula is C4H7NO3S. The largest absolute Gasteiger partial charge is 0.318 e. The molecule has 0 heterocycles. The Hall–Kier alpha value is -0.760. The van der Waals surface area contributed by atoms with Crippen LogP contribution in [0.1, 0.15) is 13.3 Å². The maximum absolute atomic E-state index is 10.4. The molecule has 0 aliphatic rings. The van der Waals surface area contributed by atoms with E-state index in [9.17, 15) is 8.42 Å². The van der Waals surface area contributed by atoms with Crippen LogP contribution >= 0.6 is 0 Å². The zero-order chi connectivity index (χ0) is 7.33. The summed E-state index contributed by atoms with van der Waals surface area (Å²) in [6.07, 6.45) is 1.57. The molecule has 0 saturated heterocycles. The Kier molecular flexibility index (Phi) is 3.02. The monoisotopic (exact) mass is 149 g/mol. The van der Waals surface area contributed by atoms with E-state index in [4.69, 9.17) is 5.26 Å². The van der Waals surface area contributed by atoms with Gasteiger partial charge in [0.15, 0.2) is 0 Å². The van der Waals surface area contributed by atoms with Crippen molar-refractivity contribution in [1.82, 2.24) is 0 Å². The molecule has 0 fully saturated rings. The van der Waals surface area contributed by atoms with Crippen molar-refractivity contribution in [2.45, 2.75) is 13.3 Å². The Morgan fingerprint density at radius 2 is 2.22 bits per heavy atom. The summed E-state index contributed by atoms with van der Waals surface area (Å²) in [5.41, 5.74) is 0. The third kappa shape index (κ3) is 3.79. The van der Waals surface area contributed by atoms with Crippen LogP contribution in [0.25, 0.3) is 0 Å². The van der Waals surface area contributed by atoms with Gasteiger partial charge in [-0.2, -0.15) is 8.42 Å². The molecule has 0 atom stereocenters. The van der Waals surface area contributed by atoms with Crippen molar-refractivity contribution in [3.8, 4) is 6.26 Å². The first kappa shape index (κ1) is 8.24. The summed E-state index contributed by atoms with van der Waals surface area (Å²) >= 11 is 0. The minimum Gasteiger partial charge on any atom is -0.302 e. The second-order valence-corrected chi connectivity index (χ2v) is 3.13. The third-order valence-electron chi connectivity index (χ3n) is 0.618. The molecule has 0 aliphatic heterocycles. The van der Waals surface area contributed by atoms with Crippen LogP contribution in [0.15, 0.2) is 0 Å². The quantitative estimate of drug-likeness (QED) is 0.425. The van der Waals surface area contributed by atoms with Crippen molar-refractivity contribution in [2.24, 2.45) is 0 Å². The molecule has 0 aromatic carbocycles. The van der Waals surface area contributed by atoms with Crippen LogP contribution in [-0.2, 0) is 14.3 Å². The van der Waals surface area contributed by atoms with Gasteiger partial charge in [0, 0.05) is 0 Å². The maximum atomic E-state index is 10.4. The molecule has 0 bridgehead atoms. The lowest BCUT2D eigenvalue weighted by molar-refractivity contribution is 0.458. The van der Waals surface area contributed by atoms with E-state index < -0.39 is 10.1 Å². The van der Waals surface area contributed by atoms with Gasteiger partial charge in [0.2, 0.25) is 0 Å². The minimum atomic E-state index is -3.54. The van der Waals surface area contributed by atoms with Crippen LogP contribution in [0, 0.1) is 11.5 Å². The fourth-order valence-electron chi connectivity index (χ4n) is 0.348. The van der Waals surface area contributed by atoms with E-state index in [-0.39, 0.29) is 5.75 Å². The average molecular weight is 149 g/mol. The first-order valence-corrected chi connectivity index (χ1v) is 4.00. The van der Waals surface area contributed by atoms with Gasteiger partial charge in [0.25, 0.3) is 0 Å². The predicted molar refractivity (Wildman–Crippen MR) is 30.8 cm³/mol. The highest BCUT2D eigenvalue weighted by Gasteiger charge is 2.07. The molecule has 0 spiro atoms. The predicted octanol–water partition coefficient (Wildman–Crippen LogP) is 0.224. The summed E-state index contributed by atoms with van der Waals surface area (Å²) in [4.78, 5) is 0. The van der Waals surface area contributed by atoms with Crippen molar-refractivity contribution >= 4 is 10.1 Å². The lowest BCUT2D eigenvalue weighted by Crippen LogP contribution is -2.05. The number of nitrogens with zero attached hydrogens (tertiary/aromatic N) is 1. The molecule has 5 heteroatoms. The number of hydrogen-bond donors (Lipinski definition) is 0. The Morgan fingerprint density at radius 3 is 2.56 bits per heavy atom. The van der Waals surface area contributed by atoms with E-state index in [0.717, 1.165) is 6.26 Å². The molecule has 0 radical (unpaired) electrons. The number of rotatable bonds is 3. The van der Waals surface area contributed by atoms with Gasteiger partial charge in [-0.25, -0.2) is 0 Å². The van der Waals surface area contributed by atoms with Gasteiger partial charge in [0.05, 0.1) is 5.75 Å². The first-order valence-electron chi connectivity index (χ1n) is 2.42. The molecule has 4 nitrogen and oxygen atoms in total. The Bertz CT molecular complexity index is 200. The highest BCUT2D eigenvalue weighted by molar-refractivity contribution is 7.86. The molecule has 0 saturated carbocycles. The zero-order valence-electron chi connectivity index (χ0n) is 4.99. The molecule has 0 aliphatic carbocycles. The highest BCUT2D eigenvalue weighted by Crippen LogP contribution is 1.92. The van der Waals surface area contributed by atoms with Gasteiger partial charge in [-0.05, 0) is 6.42 Å². The topological polar surface area (TPSA) is 67.2 Å². The van der Waals surface area contributed by atoms with Gasteiger partial charge in [-0.3, -0.25) is 0 Å². The van der Waals surface area contributed by atoms with Crippen molar-refractivity contribution in [1.29, 1.82) is 5.26 Å². The van der Waals surface area contributed by atoms with Gasteiger partial charge in [0.1, 0.15) is 0 Å². The van der Waals surface area contributed by atoms with Crippen molar-refractivity contribution in [3.63, 3.8) is 0 Å². The number of hydrogen-bond acceptors (Lipinski definition) is 4. The molecule has 0 unspecified atom stereocenters. The highest BCUT2D eigenvalue weighted by atomic mass is 32.2. The smallest absolute Gasteiger partial charge is 0.302 e. The lowest BCUT2D eigenvalue weighted by atomic mass is 10.6. The standard InChI is InChI=1S/C4H7NO3S/c1-2-3-9(6,7)8-4-5/h2-3H2,1H3. The third-order valence-corrected chi connectivity index (χ3v) is 1.86. The summed E-state index contributed by atoms with van der Waals surface area (Å²) in [5, 5.41) is 7.78. The molecule has 0 aromatic heterocycles. The number of nitriles is 1. The van der Waals surface area contributed by atoms with Gasteiger partial charge >= 0.3 is 16.4 Å². The van der Waals surface area contributed by atoms with Crippen LogP contribution in [0.2, 0.25) is 0 Å². The van der Waals surface area contributed by atoms with E-state index >= 15 is 0 Å². The van der Waals surface area contributed by atoms with Crippen molar-refractivity contribution < 1.29 is 12.6 Å². The van der Waals surface area contributed by atoms with E-state index in [1.165, 1.54) is 0 Å². The van der Waals surface area contributed by atoms with E-state index in [1.54, 1.807) is 6.92 Å². The Labute approximate surface area is 54.2 Å². The van der Waals surface area contributed by atoms with Crippen LogP contribution in [0.4, 0.5) is 0 Å². The summed E-state index contributed by atoms with van der Waals surface area (Å²) in [5.74, 6) is -0.0967. The fourth-order valence-corrected chi connectivity index (χ4v) is 1.05. The zero-order valence-corrected chi connectivity index (χ0v) is 5.81. The molecular weight excluding hydrogens is 142 g/mol. The molecule has 0 amide bonds. The van der Waals surface area contributed by atoms with Crippen LogP contribution < -0.4 is 0 Å². The second kappa shape index (κ2) is 3.30. The Morgan fingerprint density at radius 1 is 1.67 bits per heavy atom. The molecule has 0 aromatic rings. The van der Waals surface area contributed by atoms with Crippen LogP contribution in [-0.4, -0.2) is 14.2 Å². The van der Waals surface area contributed by atoms with E-state index in [0.29, 0.717) is 6.42 Å². The van der Waals surface area contributed by atoms with Gasteiger partial charge in [-0.1, -0.05) is 6.92 Å². The van der Waals surface area contributed by atoms with Crippen molar-refractivity contribution in [2.75, 3.05) is 5.75 Å². The summed E-state index contributed by atoms with van der Waals surface area (Å²) in [6, 6.07) is 0. The lowest BCUT2D eigenvalue weighted by Gasteiger charge is -1.92. The molecule has 0 rings (SSSR count). The maximum Gasteiger partial charge on any atom is 0.318 e. The molecule has 9 heavy (non-hydrogen) atoms. The minimum absolute atomic E-state index is 0.0967. The second-order valence-electron chi connectivity index (χ2n) is 1.44. The van der Waals surface area contributed by atoms with Gasteiger partial charge < -0.3 is 4.18 Å². The van der Waals surface area contributed by atoms with Gasteiger partial charge in [-0.15, -0.1) is 5.26 Å². The summed E-state index contributed by atoms with van der Waals surface area (Å²) in [6.45, 7) is 1.69. The SMILES string of the molecule is CCCS(=O)(=O)OC#N. The molecule has 0 N–H and O–H groups in total. The Balaban J connectivity index is 3.93. The molecule has 52 valence electrons. The van der Waals surface area contributed by atoms with Crippen LogP contribution in [0.3, 0.4) is 0 Å². The fraction of sp³-hybridized carbons (Fsp3) is 0.750. The summed E-state index contributed by atoms with van der Waals surface area (Å²) < 4.78 is 24.5. The van der Waals surface area contributed by atoms with Crippen LogP contribution in [0.5, 0.6) is 0 Å². The average Bonchev–Trinajstić information content (AvgIpc) is 1.64. The first-order chi connectivity index (χ1) is 4.12. The normalized spacial score (nSPS) is 10.2. The van der Waals surface area contributed by atoms with E-state index in [2.05, 4.69) is 4.18 Å². The van der Waals surface area contributed by atoms with E-state index in [1.807, 2.05) is 0 Å². The van der Waals surface area contributed by atoms with Crippen molar-refractivity contribution in [3.05, 3.63) is 0 Å².